The van der Waals surface area contributed by atoms with Crippen molar-refractivity contribution in [3.63, 3.8) is 0 Å². The van der Waals surface area contributed by atoms with E-state index in [1.54, 1.807) is 41.7 Å². The zero-order chi connectivity index (χ0) is 34.8. The number of nitrogens with one attached hydrogen (secondary N) is 2. The predicted molar refractivity (Wildman–Crippen MR) is 193 cm³/mol. The van der Waals surface area contributed by atoms with E-state index in [9.17, 15) is 4.79 Å². The maximum atomic E-state index is 12.6. The van der Waals surface area contributed by atoms with Crippen molar-refractivity contribution in [3.05, 3.63) is 68.9 Å². The number of hydrogen-bond donors (Lipinski definition) is 4. The Balaban J connectivity index is 0.00000255. The highest BCUT2D eigenvalue weighted by molar-refractivity contribution is 9.10. The van der Waals surface area contributed by atoms with Gasteiger partial charge in [0.1, 0.15) is 25.1 Å². The number of esters is 1. The van der Waals surface area contributed by atoms with E-state index < -0.39 is 14.5 Å². The van der Waals surface area contributed by atoms with E-state index in [0.717, 1.165) is 11.6 Å². The fraction of sp³-hybridized carbons (Fsp3) is 0.379. The molecule has 0 aliphatic carbocycles. The molecule has 1 aliphatic heterocycles. The molecule has 5 rings (SSSR count). The molecule has 2 aromatic carbocycles. The van der Waals surface area contributed by atoms with Gasteiger partial charge in [0, 0.05) is 40.2 Å². The molecular weight excluding hydrogens is 770 g/mol. The molecule has 4 unspecified atom stereocenters. The number of rotatable bonds is 14. The van der Waals surface area contributed by atoms with E-state index in [1.807, 2.05) is 30.0 Å². The molecule has 0 radical (unpaired) electrons. The fourth-order valence-corrected chi connectivity index (χ4v) is 6.95. The molecule has 1 aliphatic rings. The van der Waals surface area contributed by atoms with Crippen molar-refractivity contribution in [1.29, 1.82) is 0 Å². The van der Waals surface area contributed by atoms with Gasteiger partial charge in [-0.3, -0.25) is 14.4 Å². The van der Waals surface area contributed by atoms with E-state index in [0.29, 0.717) is 44.8 Å². The number of ether oxygens (including phenoxy) is 2. The van der Waals surface area contributed by atoms with Gasteiger partial charge in [-0.15, -0.1) is 0 Å². The van der Waals surface area contributed by atoms with Gasteiger partial charge in [0.25, 0.3) is 0 Å². The second-order valence-corrected chi connectivity index (χ2v) is 13.8. The molecule has 1 saturated heterocycles. The number of anilines is 2. The lowest BCUT2D eigenvalue weighted by Gasteiger charge is -2.21. The smallest absolute Gasteiger partial charge is 0.320 e. The molecule has 19 heteroatoms. The SMILES string of the molecule is CO.CSNN(C)c1nc(N)nc2c1ncn2C1OC(COP(NCC(=O)OCc2c(Cl)cccc2Cl)Oc2ccc(Br)cc2)CC1C. The largest absolute Gasteiger partial charge is 0.460 e. The van der Waals surface area contributed by atoms with Crippen LogP contribution in [-0.2, 0) is 25.4 Å². The summed E-state index contributed by atoms with van der Waals surface area (Å²) in [6.45, 7) is 2.06. The van der Waals surface area contributed by atoms with E-state index in [-0.39, 0.29) is 44.0 Å². The Labute approximate surface area is 302 Å². The third-order valence-electron chi connectivity index (χ3n) is 6.87. The minimum absolute atomic E-state index is 0.0636. The monoisotopic (exact) mass is 804 g/mol. The Hall–Kier alpha value is -2.50. The number of nitrogens with two attached hydrogens (primary N) is 1. The molecule has 260 valence electrons. The van der Waals surface area contributed by atoms with Gasteiger partial charge in [-0.1, -0.05) is 64.1 Å². The number of carbonyl (C=O) groups excluding carboxylic acids is 1. The van der Waals surface area contributed by atoms with Gasteiger partial charge < -0.3 is 29.4 Å². The highest BCUT2D eigenvalue weighted by Crippen LogP contribution is 2.40. The molecule has 4 atom stereocenters. The molecule has 0 saturated carbocycles. The van der Waals surface area contributed by atoms with Crippen LogP contribution in [0.1, 0.15) is 25.1 Å². The summed E-state index contributed by atoms with van der Waals surface area (Å²) in [5, 5.41) is 12.6. The lowest BCUT2D eigenvalue weighted by Crippen LogP contribution is -2.29. The number of halogens is 3. The van der Waals surface area contributed by atoms with Crippen molar-refractivity contribution >= 4 is 88.5 Å². The van der Waals surface area contributed by atoms with Crippen LogP contribution in [0.3, 0.4) is 0 Å². The number of aliphatic hydroxyl groups excluding tert-OH is 1. The van der Waals surface area contributed by atoms with Crippen LogP contribution in [0.2, 0.25) is 10.0 Å². The van der Waals surface area contributed by atoms with Gasteiger partial charge in [0.2, 0.25) is 5.95 Å². The summed E-state index contributed by atoms with van der Waals surface area (Å²) in [5.41, 5.74) is 7.75. The summed E-state index contributed by atoms with van der Waals surface area (Å²) in [7, 11) is 1.07. The van der Waals surface area contributed by atoms with Crippen LogP contribution in [0, 0.1) is 5.92 Å². The molecule has 2 aromatic heterocycles. The Kier molecular flexibility index (Phi) is 14.7. The second-order valence-electron chi connectivity index (χ2n) is 10.2. The van der Waals surface area contributed by atoms with E-state index in [4.69, 9.17) is 52.6 Å². The third-order valence-corrected chi connectivity index (χ3v) is 9.73. The summed E-state index contributed by atoms with van der Waals surface area (Å²) in [5.74, 6) is 0.820. The lowest BCUT2D eigenvalue weighted by atomic mass is 10.1. The van der Waals surface area contributed by atoms with Crippen LogP contribution < -0.4 is 25.2 Å². The summed E-state index contributed by atoms with van der Waals surface area (Å²) in [4.78, 5) is 29.1. The normalized spacial score (nSPS) is 17.9. The molecule has 0 bridgehead atoms. The minimum Gasteiger partial charge on any atom is -0.460 e. The van der Waals surface area contributed by atoms with Crippen LogP contribution in [0.4, 0.5) is 11.8 Å². The van der Waals surface area contributed by atoms with E-state index in [2.05, 4.69) is 47.7 Å². The summed E-state index contributed by atoms with van der Waals surface area (Å²) >= 11 is 17.2. The highest BCUT2D eigenvalue weighted by Gasteiger charge is 2.36. The average Bonchev–Trinajstić information content (AvgIpc) is 3.66. The van der Waals surface area contributed by atoms with Gasteiger partial charge in [0.05, 0.1) is 19.0 Å². The number of nitrogens with zero attached hydrogens (tertiary/aromatic N) is 5. The van der Waals surface area contributed by atoms with Gasteiger partial charge in [-0.25, -0.2) is 10.1 Å². The van der Waals surface area contributed by atoms with Crippen molar-refractivity contribution in [3.8, 4) is 5.75 Å². The average molecular weight is 807 g/mol. The first-order valence-corrected chi connectivity index (χ1v) is 18.4. The molecule has 14 nitrogen and oxygen atoms in total. The van der Waals surface area contributed by atoms with E-state index in [1.165, 1.54) is 11.9 Å². The van der Waals surface area contributed by atoms with Crippen molar-refractivity contribution in [2.75, 3.05) is 44.3 Å². The first kappa shape index (κ1) is 38.3. The highest BCUT2D eigenvalue weighted by atomic mass is 79.9. The van der Waals surface area contributed by atoms with Crippen molar-refractivity contribution in [1.82, 2.24) is 29.4 Å². The molecule has 48 heavy (non-hydrogen) atoms. The Morgan fingerprint density at radius 1 is 1.23 bits per heavy atom. The van der Waals surface area contributed by atoms with Crippen LogP contribution in [0.25, 0.3) is 11.2 Å². The molecule has 3 heterocycles. The number of nitrogen functional groups attached to an aromatic ring is 1. The molecule has 4 aromatic rings. The number of fused-ring (bicyclic) bond motifs is 1. The fourth-order valence-electron chi connectivity index (χ4n) is 4.73. The van der Waals surface area contributed by atoms with Crippen molar-refractivity contribution in [2.24, 2.45) is 5.92 Å². The van der Waals surface area contributed by atoms with Gasteiger partial charge >= 0.3 is 14.5 Å². The maximum absolute atomic E-state index is 12.6. The number of aliphatic hydroxyl groups is 1. The summed E-state index contributed by atoms with van der Waals surface area (Å²) < 4.78 is 26.8. The van der Waals surface area contributed by atoms with Crippen molar-refractivity contribution in [2.45, 2.75) is 32.3 Å². The van der Waals surface area contributed by atoms with Crippen LogP contribution >= 0.6 is 59.6 Å². The quantitative estimate of drug-likeness (QED) is 0.0515. The van der Waals surface area contributed by atoms with Crippen LogP contribution in [0.15, 0.2) is 53.3 Å². The maximum Gasteiger partial charge on any atom is 0.320 e. The van der Waals surface area contributed by atoms with Gasteiger partial charge in [0.15, 0.2) is 17.0 Å². The second kappa shape index (κ2) is 18.5. The summed E-state index contributed by atoms with van der Waals surface area (Å²) in [6, 6.07) is 12.4. The number of carbonyl (C=O) groups is 1. The van der Waals surface area contributed by atoms with Crippen LogP contribution in [0.5, 0.6) is 5.75 Å². The standard InChI is InChI=1S/C28H32BrCl2N8O5PS.CH4O/c1-16-11-19(43-27(16)39-15-33-24-25(38(2)37-46-3)35-28(32)36-26(24)39)13-42-45(44-18-9-7-17(29)8-10-18)34-12-23(40)41-14-20-21(30)5-4-6-22(20)31;1-2/h4-10,15-16,19,27,34,37H,11-14H2,1-3H3,(H2,32,35,36);2H,1H3. The zero-order valence-electron chi connectivity index (χ0n) is 26.5. The first-order chi connectivity index (χ1) is 23.1. The number of hydrogen-bond acceptors (Lipinski definition) is 14. The first-order valence-electron chi connectivity index (χ1n) is 14.4. The summed E-state index contributed by atoms with van der Waals surface area (Å²) in [6.07, 6.45) is 3.66. The molecular formula is C29H36BrCl2N8O6PS. The Morgan fingerprint density at radius 3 is 2.62 bits per heavy atom. The Bertz CT molecular complexity index is 1640. The third kappa shape index (κ3) is 10.0. The number of hydrazine groups is 1. The van der Waals surface area contributed by atoms with E-state index >= 15 is 0 Å². The van der Waals surface area contributed by atoms with Gasteiger partial charge in [-0.2, -0.15) is 14.8 Å². The zero-order valence-corrected chi connectivity index (χ0v) is 31.3. The van der Waals surface area contributed by atoms with Gasteiger partial charge in [-0.05, 0) is 49.1 Å². The number of benzene rings is 2. The molecule has 0 amide bonds. The Morgan fingerprint density at radius 2 is 1.94 bits per heavy atom. The molecule has 1 fully saturated rings. The topological polar surface area (TPSA) is 171 Å². The predicted octanol–water partition coefficient (Wildman–Crippen LogP) is 5.88. The van der Waals surface area contributed by atoms with Crippen LogP contribution in [-0.4, -0.2) is 70.3 Å². The minimum atomic E-state index is -1.76. The number of imidazole rings is 1. The van der Waals surface area contributed by atoms with Crippen molar-refractivity contribution < 1.29 is 28.4 Å². The number of aromatic nitrogens is 4. The molecule has 5 N–H and O–H groups in total. The lowest BCUT2D eigenvalue weighted by molar-refractivity contribution is -0.143. The molecule has 0 spiro atoms.